The predicted molar refractivity (Wildman–Crippen MR) is 105 cm³/mol. The van der Waals surface area contributed by atoms with Crippen LogP contribution in [0.1, 0.15) is 30.6 Å². The number of rotatable bonds is 6. The van der Waals surface area contributed by atoms with Crippen LogP contribution in [0.3, 0.4) is 0 Å². The number of nitrogens with one attached hydrogen (secondary N) is 2. The average molecular weight is 424 g/mol. The maximum atomic E-state index is 12.6. The fourth-order valence-electron chi connectivity index (χ4n) is 2.31. The first-order valence-corrected chi connectivity index (χ1v) is 9.15. The molecule has 0 saturated carbocycles. The van der Waals surface area contributed by atoms with E-state index in [2.05, 4.69) is 26.6 Å². The normalized spacial score (nSPS) is 11.9. The van der Waals surface area contributed by atoms with E-state index in [-0.39, 0.29) is 17.7 Å². The number of benzene rings is 2. The quantitative estimate of drug-likeness (QED) is 0.695. The summed E-state index contributed by atoms with van der Waals surface area (Å²) in [6.07, 6.45) is 0.543. The highest BCUT2D eigenvalue weighted by Crippen LogP contribution is 2.16. The first-order valence-electron chi connectivity index (χ1n) is 7.98. The number of hydrogen-bond acceptors (Lipinski definition) is 2. The van der Waals surface area contributed by atoms with Crippen molar-refractivity contribution in [1.29, 1.82) is 0 Å². The van der Waals surface area contributed by atoms with Gasteiger partial charge in [-0.05, 0) is 60.9 Å². The zero-order valence-corrected chi connectivity index (χ0v) is 16.4. The summed E-state index contributed by atoms with van der Waals surface area (Å²) in [4.78, 5) is 25.0. The summed E-state index contributed by atoms with van der Waals surface area (Å²) in [6.45, 7) is 4.02. The largest absolute Gasteiger partial charge is 0.340 e. The Morgan fingerprint density at radius 1 is 1.04 bits per heavy atom. The smallest absolute Gasteiger partial charge is 0.251 e. The minimum atomic E-state index is -0.619. The standard InChI is InChI=1S/C19H20BrClN2O2/c1-12(2)11-17(19(25)22-16-9-5-14(20)6-10-16)23-18(24)13-3-7-15(21)8-4-13/h3-10,12,17H,11H2,1-2H3,(H,22,25)(H,23,24)/t17-/m1/s1. The van der Waals surface area contributed by atoms with Crippen molar-refractivity contribution in [3.63, 3.8) is 0 Å². The highest BCUT2D eigenvalue weighted by molar-refractivity contribution is 9.10. The second kappa shape index (κ2) is 9.02. The van der Waals surface area contributed by atoms with Gasteiger partial charge in [-0.15, -0.1) is 0 Å². The Bertz CT molecular complexity index is 730. The first kappa shape index (κ1) is 19.5. The molecule has 2 aromatic rings. The molecule has 0 spiro atoms. The van der Waals surface area contributed by atoms with E-state index in [1.807, 2.05) is 26.0 Å². The Morgan fingerprint density at radius 2 is 1.64 bits per heavy atom. The molecule has 0 unspecified atom stereocenters. The zero-order valence-electron chi connectivity index (χ0n) is 14.1. The van der Waals surface area contributed by atoms with Crippen LogP contribution in [0.2, 0.25) is 5.02 Å². The van der Waals surface area contributed by atoms with Gasteiger partial charge in [-0.25, -0.2) is 0 Å². The molecule has 0 saturated heterocycles. The Kier molecular flexibility index (Phi) is 7.02. The lowest BCUT2D eigenvalue weighted by atomic mass is 10.0. The van der Waals surface area contributed by atoms with Crippen molar-refractivity contribution in [3.05, 3.63) is 63.6 Å². The van der Waals surface area contributed by atoms with Crippen LogP contribution < -0.4 is 10.6 Å². The van der Waals surface area contributed by atoms with Crippen LogP contribution in [0, 0.1) is 5.92 Å². The lowest BCUT2D eigenvalue weighted by molar-refractivity contribution is -0.118. The highest BCUT2D eigenvalue weighted by atomic mass is 79.9. The lowest BCUT2D eigenvalue weighted by Gasteiger charge is -2.20. The fraction of sp³-hybridized carbons (Fsp3) is 0.263. The average Bonchev–Trinajstić information content (AvgIpc) is 2.56. The molecule has 0 heterocycles. The molecule has 0 aliphatic carbocycles. The molecule has 6 heteroatoms. The molecule has 0 aliphatic heterocycles. The van der Waals surface area contributed by atoms with Gasteiger partial charge in [-0.2, -0.15) is 0 Å². The van der Waals surface area contributed by atoms with E-state index in [4.69, 9.17) is 11.6 Å². The molecule has 0 fully saturated rings. The molecule has 4 nitrogen and oxygen atoms in total. The molecule has 0 aromatic heterocycles. The summed E-state index contributed by atoms with van der Waals surface area (Å²) in [5, 5.41) is 6.22. The molecule has 0 aliphatic rings. The summed E-state index contributed by atoms with van der Waals surface area (Å²) in [5.74, 6) is -0.280. The molecule has 2 amide bonds. The molecule has 2 N–H and O–H groups in total. The molecular formula is C19H20BrClN2O2. The minimum absolute atomic E-state index is 0.238. The Labute approximate surface area is 161 Å². The van der Waals surface area contributed by atoms with Crippen molar-refractivity contribution >= 4 is 45.0 Å². The highest BCUT2D eigenvalue weighted by Gasteiger charge is 2.22. The molecular weight excluding hydrogens is 404 g/mol. The fourth-order valence-corrected chi connectivity index (χ4v) is 2.70. The zero-order chi connectivity index (χ0) is 18.4. The summed E-state index contributed by atoms with van der Waals surface area (Å²) < 4.78 is 0.931. The van der Waals surface area contributed by atoms with Gasteiger partial charge >= 0.3 is 0 Å². The van der Waals surface area contributed by atoms with E-state index in [0.29, 0.717) is 22.7 Å². The van der Waals surface area contributed by atoms with Crippen LogP contribution in [0.5, 0.6) is 0 Å². The molecule has 25 heavy (non-hydrogen) atoms. The van der Waals surface area contributed by atoms with Crippen molar-refractivity contribution in [2.75, 3.05) is 5.32 Å². The molecule has 0 radical (unpaired) electrons. The van der Waals surface area contributed by atoms with E-state index in [1.165, 1.54) is 0 Å². The summed E-state index contributed by atoms with van der Waals surface area (Å²) >= 11 is 9.20. The van der Waals surface area contributed by atoms with Gasteiger partial charge in [0.2, 0.25) is 5.91 Å². The molecule has 1 atom stereocenters. The van der Waals surface area contributed by atoms with Crippen LogP contribution in [-0.2, 0) is 4.79 Å². The summed E-state index contributed by atoms with van der Waals surface area (Å²) in [7, 11) is 0. The molecule has 132 valence electrons. The minimum Gasteiger partial charge on any atom is -0.340 e. The third kappa shape index (κ3) is 6.18. The third-order valence-electron chi connectivity index (χ3n) is 3.55. The van der Waals surface area contributed by atoms with E-state index in [1.54, 1.807) is 36.4 Å². The third-order valence-corrected chi connectivity index (χ3v) is 4.33. The molecule has 2 rings (SSSR count). The molecule has 2 aromatic carbocycles. The van der Waals surface area contributed by atoms with Gasteiger partial charge in [0.05, 0.1) is 0 Å². The van der Waals surface area contributed by atoms with E-state index >= 15 is 0 Å². The van der Waals surface area contributed by atoms with Crippen LogP contribution in [0.25, 0.3) is 0 Å². The summed E-state index contributed by atoms with van der Waals surface area (Å²) in [6, 6.07) is 13.2. The maximum Gasteiger partial charge on any atom is 0.251 e. The number of amides is 2. The van der Waals surface area contributed by atoms with Crippen LogP contribution >= 0.6 is 27.5 Å². The second-order valence-electron chi connectivity index (χ2n) is 6.16. The van der Waals surface area contributed by atoms with Gasteiger partial charge in [0.25, 0.3) is 5.91 Å². The van der Waals surface area contributed by atoms with Gasteiger partial charge in [-0.3, -0.25) is 9.59 Å². The maximum absolute atomic E-state index is 12.6. The van der Waals surface area contributed by atoms with Gasteiger partial charge in [-0.1, -0.05) is 41.4 Å². The number of carbonyl (C=O) groups is 2. The Hall–Kier alpha value is -1.85. The van der Waals surface area contributed by atoms with E-state index in [9.17, 15) is 9.59 Å². The number of anilines is 1. The van der Waals surface area contributed by atoms with Gasteiger partial charge in [0.15, 0.2) is 0 Å². The first-order chi connectivity index (χ1) is 11.8. The van der Waals surface area contributed by atoms with Gasteiger partial charge in [0, 0.05) is 20.7 Å². The van der Waals surface area contributed by atoms with Crippen molar-refractivity contribution in [2.45, 2.75) is 26.3 Å². The SMILES string of the molecule is CC(C)C[C@@H](NC(=O)c1ccc(Cl)cc1)C(=O)Nc1ccc(Br)cc1. The van der Waals surface area contributed by atoms with E-state index < -0.39 is 6.04 Å². The molecule has 0 bridgehead atoms. The second-order valence-corrected chi connectivity index (χ2v) is 7.51. The number of halogens is 2. The summed E-state index contributed by atoms with van der Waals surface area (Å²) in [5.41, 5.74) is 1.15. The van der Waals surface area contributed by atoms with Crippen LogP contribution in [0.15, 0.2) is 53.0 Å². The number of carbonyl (C=O) groups excluding carboxylic acids is 2. The lowest BCUT2D eigenvalue weighted by Crippen LogP contribution is -2.44. The Balaban J connectivity index is 2.08. The topological polar surface area (TPSA) is 58.2 Å². The van der Waals surface area contributed by atoms with Crippen LogP contribution in [-0.4, -0.2) is 17.9 Å². The predicted octanol–water partition coefficient (Wildman–Crippen LogP) is 4.89. The van der Waals surface area contributed by atoms with Crippen molar-refractivity contribution < 1.29 is 9.59 Å². The van der Waals surface area contributed by atoms with Crippen molar-refractivity contribution in [2.24, 2.45) is 5.92 Å². The van der Waals surface area contributed by atoms with Crippen molar-refractivity contribution in [1.82, 2.24) is 5.32 Å². The Morgan fingerprint density at radius 3 is 2.20 bits per heavy atom. The monoisotopic (exact) mass is 422 g/mol. The van der Waals surface area contributed by atoms with Crippen molar-refractivity contribution in [3.8, 4) is 0 Å². The van der Waals surface area contributed by atoms with E-state index in [0.717, 1.165) is 4.47 Å². The number of hydrogen-bond donors (Lipinski definition) is 2. The van der Waals surface area contributed by atoms with Gasteiger partial charge in [0.1, 0.15) is 6.04 Å². The van der Waals surface area contributed by atoms with Crippen LogP contribution in [0.4, 0.5) is 5.69 Å². The van der Waals surface area contributed by atoms with Gasteiger partial charge < -0.3 is 10.6 Å².